The smallest absolute Gasteiger partial charge is 0.0343 e. The molecular formula is C40H60N4S. The zero-order chi connectivity index (χ0) is 32.7. The van der Waals surface area contributed by atoms with Gasteiger partial charge in [0, 0.05) is 45.0 Å². The molecule has 3 rings (SSSR count). The van der Waals surface area contributed by atoms with Gasteiger partial charge in [0.2, 0.25) is 0 Å². The normalized spacial score (nSPS) is 16.1. The zero-order valence-corrected chi connectivity index (χ0v) is 29.4. The summed E-state index contributed by atoms with van der Waals surface area (Å²) < 4.78 is 3.45. The number of rotatable bonds is 19. The van der Waals surface area contributed by atoms with Gasteiger partial charge in [0.15, 0.2) is 0 Å². The van der Waals surface area contributed by atoms with E-state index in [1.807, 2.05) is 18.2 Å². The molecule has 0 spiro atoms. The summed E-state index contributed by atoms with van der Waals surface area (Å²) in [5.74, 6) is 0. The van der Waals surface area contributed by atoms with Crippen LogP contribution in [0.3, 0.4) is 0 Å². The molecule has 4 nitrogen and oxygen atoms in total. The van der Waals surface area contributed by atoms with Crippen molar-refractivity contribution in [3.8, 4) is 0 Å². The molecule has 1 aliphatic carbocycles. The quantitative estimate of drug-likeness (QED) is 0.0905. The third kappa shape index (κ3) is 15.3. The monoisotopic (exact) mass is 628 g/mol. The number of allylic oxidation sites excluding steroid dienone is 10. The van der Waals surface area contributed by atoms with Crippen molar-refractivity contribution in [2.75, 3.05) is 58.2 Å². The molecule has 45 heavy (non-hydrogen) atoms. The first kappa shape index (κ1) is 38.4. The van der Waals surface area contributed by atoms with Crippen LogP contribution < -0.4 is 10.0 Å². The van der Waals surface area contributed by atoms with Crippen LogP contribution in [0, 0.1) is 0 Å². The number of hydrogen-bond donors (Lipinski definition) is 2. The van der Waals surface area contributed by atoms with Gasteiger partial charge in [-0.1, -0.05) is 107 Å². The van der Waals surface area contributed by atoms with E-state index in [-0.39, 0.29) is 0 Å². The molecule has 0 radical (unpaired) electrons. The number of hydrogen-bond acceptors (Lipinski definition) is 5. The average Bonchev–Trinajstić information content (AvgIpc) is 3.04. The van der Waals surface area contributed by atoms with Gasteiger partial charge < -0.3 is 15.1 Å². The van der Waals surface area contributed by atoms with Gasteiger partial charge in [0.25, 0.3) is 0 Å². The van der Waals surface area contributed by atoms with Crippen LogP contribution in [0.15, 0.2) is 109 Å². The Morgan fingerprint density at radius 3 is 2.44 bits per heavy atom. The van der Waals surface area contributed by atoms with Crippen LogP contribution in [0.25, 0.3) is 6.08 Å². The first-order valence-corrected chi connectivity index (χ1v) is 17.8. The molecule has 1 heterocycles. The summed E-state index contributed by atoms with van der Waals surface area (Å²) in [6.45, 7) is 28.2. The van der Waals surface area contributed by atoms with Crippen molar-refractivity contribution in [3.63, 3.8) is 0 Å². The van der Waals surface area contributed by atoms with Gasteiger partial charge in [-0.2, -0.15) is 0 Å². The molecule has 2 aliphatic rings. The highest BCUT2D eigenvalue weighted by Gasteiger charge is 2.13. The maximum atomic E-state index is 4.08. The van der Waals surface area contributed by atoms with Crippen molar-refractivity contribution >= 4 is 23.7 Å². The predicted molar refractivity (Wildman–Crippen MR) is 205 cm³/mol. The largest absolute Gasteiger partial charge is 0.385 e. The van der Waals surface area contributed by atoms with Crippen molar-refractivity contribution in [2.24, 2.45) is 0 Å². The standard InChI is InChI=1S/C25H43N3S.C15H17N/c1-5-8-11-15-24(7-3)25(14-6-2)16-23-29-26-17-12-9-10-13-18-28-21-19-27(4)20-22-28;1-4-12-9-13-6-7-15(16-5-2)10-14(13)8-11(12)3/h6-7,14-16,23,26H,2-3,5,8-13,17-22H2,1,4H3;4,6-7,9-10,16H,1,3,5,8H2,2H3/b23-16-,24-15+,25-14+;. The van der Waals surface area contributed by atoms with Gasteiger partial charge >= 0.3 is 0 Å². The van der Waals surface area contributed by atoms with E-state index in [0.29, 0.717) is 0 Å². The summed E-state index contributed by atoms with van der Waals surface area (Å²) >= 11 is 1.67. The van der Waals surface area contributed by atoms with E-state index in [9.17, 15) is 0 Å². The molecule has 0 unspecified atom stereocenters. The minimum atomic E-state index is 0.923. The van der Waals surface area contributed by atoms with Gasteiger partial charge in [-0.15, -0.1) is 0 Å². The van der Waals surface area contributed by atoms with Gasteiger partial charge in [0.05, 0.1) is 0 Å². The van der Waals surface area contributed by atoms with E-state index in [1.165, 1.54) is 99.2 Å². The number of likely N-dealkylation sites (N-methyl/N-ethyl adjacent to an activating group) is 1. The highest BCUT2D eigenvalue weighted by molar-refractivity contribution is 8.00. The molecule has 1 fully saturated rings. The lowest BCUT2D eigenvalue weighted by Gasteiger charge is -2.32. The zero-order valence-electron chi connectivity index (χ0n) is 28.6. The molecule has 1 aromatic rings. The molecule has 0 atom stereocenters. The molecule has 2 N–H and O–H groups in total. The topological polar surface area (TPSA) is 30.5 Å². The Balaban J connectivity index is 0.000000368. The lowest BCUT2D eigenvalue weighted by Crippen LogP contribution is -2.44. The number of fused-ring (bicyclic) bond motifs is 1. The second-order valence-electron chi connectivity index (χ2n) is 11.8. The fourth-order valence-corrected chi connectivity index (χ4v) is 5.92. The third-order valence-electron chi connectivity index (χ3n) is 8.14. The van der Waals surface area contributed by atoms with Gasteiger partial charge in [-0.25, -0.2) is 0 Å². The summed E-state index contributed by atoms with van der Waals surface area (Å²) in [7, 11) is 2.22. The SMILES string of the molecule is C=C/C=C(\C=C/SNCCCCCCN1CCN(C)CC1)C(/C=C)=C/CCCC.C=CC1=Cc2ccc(NCC)cc2CC1=C. The molecule has 246 valence electrons. The summed E-state index contributed by atoms with van der Waals surface area (Å²) in [6.07, 6.45) is 24.0. The molecule has 0 saturated carbocycles. The Bertz CT molecular complexity index is 1180. The number of benzene rings is 1. The van der Waals surface area contributed by atoms with Crippen molar-refractivity contribution in [1.29, 1.82) is 0 Å². The minimum absolute atomic E-state index is 0.923. The van der Waals surface area contributed by atoms with Gasteiger partial charge in [-0.05, 0) is 109 Å². The number of anilines is 1. The van der Waals surface area contributed by atoms with Crippen LogP contribution in [0.4, 0.5) is 5.69 Å². The predicted octanol–water partition coefficient (Wildman–Crippen LogP) is 9.76. The third-order valence-corrected chi connectivity index (χ3v) is 8.78. The second kappa shape index (κ2) is 23.5. The number of nitrogens with one attached hydrogen (secondary N) is 2. The van der Waals surface area contributed by atoms with Crippen LogP contribution in [0.5, 0.6) is 0 Å². The van der Waals surface area contributed by atoms with E-state index in [0.717, 1.165) is 37.1 Å². The fourth-order valence-electron chi connectivity index (χ4n) is 5.35. The van der Waals surface area contributed by atoms with E-state index >= 15 is 0 Å². The van der Waals surface area contributed by atoms with Crippen LogP contribution in [-0.2, 0) is 6.42 Å². The van der Waals surface area contributed by atoms with Crippen molar-refractivity contribution in [3.05, 3.63) is 120 Å². The molecule has 0 amide bonds. The second-order valence-corrected chi connectivity index (χ2v) is 12.6. The summed E-state index contributed by atoms with van der Waals surface area (Å²) in [6, 6.07) is 6.48. The van der Waals surface area contributed by atoms with Crippen LogP contribution >= 0.6 is 11.9 Å². The Kier molecular flexibility index (Phi) is 20.0. The summed E-state index contributed by atoms with van der Waals surface area (Å²) in [5.41, 5.74) is 8.47. The van der Waals surface area contributed by atoms with Crippen LogP contribution in [-0.4, -0.2) is 62.7 Å². The Labute approximate surface area is 280 Å². The maximum Gasteiger partial charge on any atom is 0.0343 e. The van der Waals surface area contributed by atoms with E-state index in [4.69, 9.17) is 0 Å². The highest BCUT2D eigenvalue weighted by atomic mass is 32.2. The lowest BCUT2D eigenvalue weighted by atomic mass is 9.88. The average molecular weight is 629 g/mol. The molecule has 1 aliphatic heterocycles. The Morgan fingerprint density at radius 2 is 1.76 bits per heavy atom. The fraction of sp³-hybridized carbons (Fsp3) is 0.450. The van der Waals surface area contributed by atoms with Gasteiger partial charge in [-0.3, -0.25) is 4.72 Å². The molecule has 1 aromatic carbocycles. The van der Waals surface area contributed by atoms with Crippen LogP contribution in [0.1, 0.15) is 69.9 Å². The van der Waals surface area contributed by atoms with Crippen LogP contribution in [0.2, 0.25) is 0 Å². The van der Waals surface area contributed by atoms with E-state index in [2.05, 4.69) is 115 Å². The van der Waals surface area contributed by atoms with Crippen molar-refractivity contribution in [1.82, 2.24) is 14.5 Å². The first-order valence-electron chi connectivity index (χ1n) is 17.0. The summed E-state index contributed by atoms with van der Waals surface area (Å²) in [5, 5.41) is 5.45. The van der Waals surface area contributed by atoms with E-state index in [1.54, 1.807) is 11.9 Å². The minimum Gasteiger partial charge on any atom is -0.385 e. The Hall–Kier alpha value is -2.83. The molecule has 0 bridgehead atoms. The molecule has 1 saturated heterocycles. The molecule has 5 heteroatoms. The van der Waals surface area contributed by atoms with E-state index < -0.39 is 0 Å². The number of unbranched alkanes of at least 4 members (excludes halogenated alkanes) is 5. The van der Waals surface area contributed by atoms with Crippen molar-refractivity contribution in [2.45, 2.75) is 65.2 Å². The van der Waals surface area contributed by atoms with Crippen molar-refractivity contribution < 1.29 is 0 Å². The maximum absolute atomic E-state index is 4.08. The number of piperazine rings is 1. The van der Waals surface area contributed by atoms with Gasteiger partial charge in [0.1, 0.15) is 0 Å². The summed E-state index contributed by atoms with van der Waals surface area (Å²) in [4.78, 5) is 5.03. The highest BCUT2D eigenvalue weighted by Crippen LogP contribution is 2.29. The lowest BCUT2D eigenvalue weighted by molar-refractivity contribution is 0.152. The first-order chi connectivity index (χ1) is 21.9. The number of nitrogens with zero attached hydrogens (tertiary/aromatic N) is 2. The Morgan fingerprint density at radius 1 is 0.978 bits per heavy atom. The molecule has 0 aromatic heterocycles. The molecular weight excluding hydrogens is 569 g/mol.